The van der Waals surface area contributed by atoms with Gasteiger partial charge in [-0.25, -0.2) is 0 Å². The van der Waals surface area contributed by atoms with Gasteiger partial charge in [0.15, 0.2) is 0 Å². The molecule has 2 unspecified atom stereocenters. The monoisotopic (exact) mass is 302 g/mol. The summed E-state index contributed by atoms with van der Waals surface area (Å²) in [7, 11) is 0. The van der Waals surface area contributed by atoms with Crippen molar-refractivity contribution in [3.63, 3.8) is 0 Å². The van der Waals surface area contributed by atoms with Crippen molar-refractivity contribution in [2.75, 3.05) is 6.61 Å². The molecule has 1 aliphatic rings. The molecule has 1 fully saturated rings. The van der Waals surface area contributed by atoms with Crippen molar-refractivity contribution in [1.82, 2.24) is 4.98 Å². The lowest BCUT2D eigenvalue weighted by Crippen LogP contribution is -2.44. The first kappa shape index (κ1) is 16.1. The van der Waals surface area contributed by atoms with Crippen LogP contribution in [0.15, 0.2) is 18.5 Å². The Morgan fingerprint density at radius 1 is 1.43 bits per heavy atom. The lowest BCUT2D eigenvalue weighted by atomic mass is 9.72. The maximum Gasteiger partial charge on any atom is 0.391 e. The van der Waals surface area contributed by atoms with Gasteiger partial charge in [-0.3, -0.25) is 4.98 Å². The minimum Gasteiger partial charge on any atom is -0.492 e. The second kappa shape index (κ2) is 6.22. The zero-order chi connectivity index (χ0) is 15.5. The molecule has 1 heterocycles. The Balaban J connectivity index is 2.19. The van der Waals surface area contributed by atoms with Crippen LogP contribution in [-0.4, -0.2) is 17.8 Å². The van der Waals surface area contributed by atoms with Gasteiger partial charge >= 0.3 is 6.18 Å². The highest BCUT2D eigenvalue weighted by molar-refractivity contribution is 5.30. The summed E-state index contributed by atoms with van der Waals surface area (Å²) in [5, 5.41) is 0. The van der Waals surface area contributed by atoms with Crippen molar-refractivity contribution in [1.29, 1.82) is 0 Å². The highest BCUT2D eigenvalue weighted by Gasteiger charge is 2.46. The number of pyridine rings is 1. The van der Waals surface area contributed by atoms with E-state index in [0.717, 1.165) is 6.42 Å². The average Bonchev–Trinajstić information content (AvgIpc) is 2.44. The van der Waals surface area contributed by atoms with E-state index >= 15 is 0 Å². The third-order valence-electron chi connectivity index (χ3n) is 4.01. The first-order chi connectivity index (χ1) is 9.85. The van der Waals surface area contributed by atoms with Crippen LogP contribution < -0.4 is 10.5 Å². The molecule has 118 valence electrons. The van der Waals surface area contributed by atoms with E-state index < -0.39 is 17.6 Å². The second-order valence-electron chi connectivity index (χ2n) is 5.75. The van der Waals surface area contributed by atoms with Crippen LogP contribution in [0.5, 0.6) is 5.75 Å². The lowest BCUT2D eigenvalue weighted by molar-refractivity contribution is -0.187. The van der Waals surface area contributed by atoms with E-state index in [1.165, 1.54) is 0 Å². The first-order valence-electron chi connectivity index (χ1n) is 7.29. The lowest BCUT2D eigenvalue weighted by Gasteiger charge is -2.39. The van der Waals surface area contributed by atoms with Crippen molar-refractivity contribution in [3.05, 3.63) is 24.0 Å². The van der Waals surface area contributed by atoms with E-state index in [9.17, 15) is 13.2 Å². The number of alkyl halides is 3. The van der Waals surface area contributed by atoms with Crippen LogP contribution in [0.3, 0.4) is 0 Å². The highest BCUT2D eigenvalue weighted by Crippen LogP contribution is 2.45. The van der Waals surface area contributed by atoms with Crippen LogP contribution >= 0.6 is 0 Å². The van der Waals surface area contributed by atoms with Crippen molar-refractivity contribution >= 4 is 0 Å². The highest BCUT2D eigenvalue weighted by atomic mass is 19.4. The molecule has 0 aromatic carbocycles. The van der Waals surface area contributed by atoms with Gasteiger partial charge in [0.05, 0.1) is 18.7 Å². The fourth-order valence-corrected chi connectivity index (χ4v) is 2.84. The van der Waals surface area contributed by atoms with Crippen LogP contribution in [0.2, 0.25) is 0 Å². The Hall–Kier alpha value is -1.30. The molecule has 0 amide bonds. The molecule has 2 atom stereocenters. The van der Waals surface area contributed by atoms with Crippen molar-refractivity contribution in [2.45, 2.75) is 50.7 Å². The molecule has 1 saturated carbocycles. The Kier molecular flexibility index (Phi) is 4.76. The molecule has 2 rings (SSSR count). The molecule has 1 aromatic heterocycles. The van der Waals surface area contributed by atoms with Crippen LogP contribution in [0.4, 0.5) is 13.2 Å². The molecule has 0 spiro atoms. The van der Waals surface area contributed by atoms with Crippen LogP contribution in [0.25, 0.3) is 0 Å². The number of hydrogen-bond acceptors (Lipinski definition) is 3. The Morgan fingerprint density at radius 2 is 2.19 bits per heavy atom. The van der Waals surface area contributed by atoms with Gasteiger partial charge in [-0.1, -0.05) is 13.3 Å². The number of ether oxygens (including phenoxy) is 1. The quantitative estimate of drug-likeness (QED) is 0.921. The van der Waals surface area contributed by atoms with E-state index in [2.05, 4.69) is 4.98 Å². The van der Waals surface area contributed by atoms with Crippen LogP contribution in [-0.2, 0) is 5.54 Å². The number of aromatic nitrogens is 1. The van der Waals surface area contributed by atoms with Crippen molar-refractivity contribution in [2.24, 2.45) is 11.7 Å². The summed E-state index contributed by atoms with van der Waals surface area (Å²) < 4.78 is 44.3. The topological polar surface area (TPSA) is 48.1 Å². The molecule has 1 aromatic rings. The van der Waals surface area contributed by atoms with Gasteiger partial charge in [0.1, 0.15) is 5.75 Å². The van der Waals surface area contributed by atoms with Crippen molar-refractivity contribution < 1.29 is 17.9 Å². The van der Waals surface area contributed by atoms with Gasteiger partial charge in [0.25, 0.3) is 0 Å². The van der Waals surface area contributed by atoms with E-state index in [0.29, 0.717) is 30.8 Å². The van der Waals surface area contributed by atoms with E-state index in [-0.39, 0.29) is 12.8 Å². The molecule has 0 bridgehead atoms. The van der Waals surface area contributed by atoms with Gasteiger partial charge in [-0.15, -0.1) is 0 Å². The molecule has 2 N–H and O–H groups in total. The molecular formula is C15H21F3N2O. The molecule has 21 heavy (non-hydrogen) atoms. The SMILES string of the molecule is CCCOc1cncc(C2(N)CCCC(C(F)(F)F)C2)c1. The smallest absolute Gasteiger partial charge is 0.391 e. The molecule has 1 aliphatic carbocycles. The number of hydrogen-bond donors (Lipinski definition) is 1. The predicted octanol–water partition coefficient (Wildman–Crippen LogP) is 3.78. The fourth-order valence-electron chi connectivity index (χ4n) is 2.84. The summed E-state index contributed by atoms with van der Waals surface area (Å²) in [6, 6.07) is 1.72. The van der Waals surface area contributed by atoms with E-state index in [4.69, 9.17) is 10.5 Å². The zero-order valence-corrected chi connectivity index (χ0v) is 12.1. The second-order valence-corrected chi connectivity index (χ2v) is 5.75. The number of nitrogens with zero attached hydrogens (tertiary/aromatic N) is 1. The normalized spacial score (nSPS) is 26.6. The van der Waals surface area contributed by atoms with Gasteiger partial charge in [-0.2, -0.15) is 13.2 Å². The molecule has 3 nitrogen and oxygen atoms in total. The Morgan fingerprint density at radius 3 is 2.86 bits per heavy atom. The molecule has 6 heteroatoms. The van der Waals surface area contributed by atoms with Gasteiger partial charge in [0.2, 0.25) is 0 Å². The number of rotatable bonds is 4. The fraction of sp³-hybridized carbons (Fsp3) is 0.667. The maximum absolute atomic E-state index is 13.0. The van der Waals surface area contributed by atoms with Gasteiger partial charge in [-0.05, 0) is 37.3 Å². The van der Waals surface area contributed by atoms with Crippen molar-refractivity contribution in [3.8, 4) is 5.75 Å². The summed E-state index contributed by atoms with van der Waals surface area (Å²) >= 11 is 0. The van der Waals surface area contributed by atoms with Crippen LogP contribution in [0.1, 0.15) is 44.6 Å². The Labute approximate surface area is 122 Å². The summed E-state index contributed by atoms with van der Waals surface area (Å²) in [6.07, 6.45) is 0.865. The van der Waals surface area contributed by atoms with Crippen LogP contribution in [0, 0.1) is 5.92 Å². The Bertz CT molecular complexity index is 478. The molecule has 0 saturated heterocycles. The predicted molar refractivity (Wildman–Crippen MR) is 73.9 cm³/mol. The average molecular weight is 302 g/mol. The third-order valence-corrected chi connectivity index (χ3v) is 4.01. The third kappa shape index (κ3) is 3.87. The van der Waals surface area contributed by atoms with E-state index in [1.54, 1.807) is 18.5 Å². The molecule has 0 aliphatic heterocycles. The van der Waals surface area contributed by atoms with Gasteiger partial charge < -0.3 is 10.5 Å². The summed E-state index contributed by atoms with van der Waals surface area (Å²) in [5.41, 5.74) is 5.92. The van der Waals surface area contributed by atoms with Gasteiger partial charge in [0, 0.05) is 11.7 Å². The minimum atomic E-state index is -4.19. The molecular weight excluding hydrogens is 281 g/mol. The molecule has 0 radical (unpaired) electrons. The van der Waals surface area contributed by atoms with E-state index in [1.807, 2.05) is 6.92 Å². The largest absolute Gasteiger partial charge is 0.492 e. The zero-order valence-electron chi connectivity index (χ0n) is 12.1. The number of halogens is 3. The number of nitrogens with two attached hydrogens (primary N) is 1. The summed E-state index contributed by atoms with van der Waals surface area (Å²) in [6.45, 7) is 2.53. The summed E-state index contributed by atoms with van der Waals surface area (Å²) in [4.78, 5) is 4.06. The summed E-state index contributed by atoms with van der Waals surface area (Å²) in [5.74, 6) is -0.773. The maximum atomic E-state index is 13.0. The first-order valence-corrected chi connectivity index (χ1v) is 7.29. The standard InChI is InChI=1S/C15H21F3N2O/c1-2-6-21-13-7-12(9-20-10-13)14(19)5-3-4-11(8-14)15(16,17)18/h7,9-11H,2-6,8,19H2,1H3. The minimum absolute atomic E-state index is 0.0879.